The molecule has 0 bridgehead atoms. The van der Waals surface area contributed by atoms with E-state index in [2.05, 4.69) is 6.92 Å². The van der Waals surface area contributed by atoms with Gasteiger partial charge < -0.3 is 9.84 Å². The predicted octanol–water partition coefficient (Wildman–Crippen LogP) is 3.18. The lowest BCUT2D eigenvalue weighted by molar-refractivity contribution is -0.154. The van der Waals surface area contributed by atoms with E-state index < -0.39 is 12.0 Å². The Morgan fingerprint density at radius 3 is 2.50 bits per heavy atom. The molecule has 1 aromatic rings. The van der Waals surface area contributed by atoms with Crippen LogP contribution in [0.5, 0.6) is 0 Å². The molecule has 3 nitrogen and oxygen atoms in total. The van der Waals surface area contributed by atoms with Gasteiger partial charge in [-0.25, -0.2) is 0 Å². The van der Waals surface area contributed by atoms with Crippen molar-refractivity contribution in [3.05, 3.63) is 21.9 Å². The van der Waals surface area contributed by atoms with Gasteiger partial charge in [0, 0.05) is 9.75 Å². The molecule has 102 valence electrons. The number of esters is 1. The zero-order valence-corrected chi connectivity index (χ0v) is 12.3. The number of aryl methyl sites for hydroxylation is 1. The molecule has 4 heteroatoms. The number of aliphatic hydroxyl groups excluding tert-OH is 1. The lowest BCUT2D eigenvalue weighted by Gasteiger charge is -2.23. The maximum atomic E-state index is 11.9. The van der Waals surface area contributed by atoms with Gasteiger partial charge in [0.05, 0.1) is 12.5 Å². The van der Waals surface area contributed by atoms with E-state index in [1.807, 2.05) is 26.0 Å². The average Bonchev–Trinajstić information content (AvgIpc) is 2.77. The minimum Gasteiger partial charge on any atom is -0.466 e. The number of thiophene rings is 1. The van der Waals surface area contributed by atoms with E-state index in [-0.39, 0.29) is 11.9 Å². The molecule has 0 aliphatic rings. The van der Waals surface area contributed by atoms with Gasteiger partial charge in [0.1, 0.15) is 6.10 Å². The van der Waals surface area contributed by atoms with E-state index >= 15 is 0 Å². The third-order valence-electron chi connectivity index (χ3n) is 2.94. The van der Waals surface area contributed by atoms with Crippen molar-refractivity contribution in [1.29, 1.82) is 0 Å². The Hall–Kier alpha value is -0.870. The van der Waals surface area contributed by atoms with E-state index in [4.69, 9.17) is 4.74 Å². The number of carbonyl (C=O) groups is 1. The predicted molar refractivity (Wildman–Crippen MR) is 73.6 cm³/mol. The lowest BCUT2D eigenvalue weighted by atomic mass is 9.89. The fourth-order valence-corrected chi connectivity index (χ4v) is 2.91. The fourth-order valence-electron chi connectivity index (χ4n) is 1.92. The first kappa shape index (κ1) is 15.2. The Morgan fingerprint density at radius 2 is 2.06 bits per heavy atom. The largest absolute Gasteiger partial charge is 0.466 e. The molecule has 0 spiro atoms. The molecule has 0 aromatic carbocycles. The second-order valence-electron chi connectivity index (χ2n) is 4.62. The van der Waals surface area contributed by atoms with Gasteiger partial charge in [-0.2, -0.15) is 0 Å². The van der Waals surface area contributed by atoms with Gasteiger partial charge in [-0.3, -0.25) is 4.79 Å². The van der Waals surface area contributed by atoms with Crippen LogP contribution in [0, 0.1) is 11.8 Å². The smallest absolute Gasteiger partial charge is 0.312 e. The van der Waals surface area contributed by atoms with Gasteiger partial charge in [0.25, 0.3) is 0 Å². The van der Waals surface area contributed by atoms with Crippen molar-refractivity contribution in [1.82, 2.24) is 0 Å². The molecule has 0 saturated heterocycles. The third kappa shape index (κ3) is 3.56. The van der Waals surface area contributed by atoms with Crippen LogP contribution in [0.2, 0.25) is 0 Å². The summed E-state index contributed by atoms with van der Waals surface area (Å²) in [6, 6.07) is 3.91. The monoisotopic (exact) mass is 270 g/mol. The second kappa shape index (κ2) is 6.90. The van der Waals surface area contributed by atoms with Crippen molar-refractivity contribution in [3.63, 3.8) is 0 Å². The Kier molecular flexibility index (Phi) is 5.82. The first-order chi connectivity index (χ1) is 8.51. The van der Waals surface area contributed by atoms with E-state index in [0.29, 0.717) is 6.61 Å². The van der Waals surface area contributed by atoms with E-state index in [9.17, 15) is 9.90 Å². The summed E-state index contributed by atoms with van der Waals surface area (Å²) in [5.74, 6) is -0.758. The van der Waals surface area contributed by atoms with E-state index in [1.54, 1.807) is 18.3 Å². The first-order valence-electron chi connectivity index (χ1n) is 6.44. The Bertz CT molecular complexity index is 384. The molecule has 0 amide bonds. The molecular formula is C14H22O3S. The van der Waals surface area contributed by atoms with Gasteiger partial charge in [0.2, 0.25) is 0 Å². The number of hydrogen-bond donors (Lipinski definition) is 1. The molecule has 1 aromatic heterocycles. The molecule has 1 rings (SSSR count). The number of aliphatic hydroxyl groups is 1. The van der Waals surface area contributed by atoms with Crippen molar-refractivity contribution < 1.29 is 14.6 Å². The highest BCUT2D eigenvalue weighted by Crippen LogP contribution is 2.33. The molecule has 1 N–H and O–H groups in total. The highest BCUT2D eigenvalue weighted by Gasteiger charge is 2.32. The van der Waals surface area contributed by atoms with Gasteiger partial charge in [-0.1, -0.05) is 20.8 Å². The van der Waals surface area contributed by atoms with Gasteiger partial charge >= 0.3 is 5.97 Å². The molecular weight excluding hydrogens is 248 g/mol. The zero-order chi connectivity index (χ0) is 13.7. The van der Waals surface area contributed by atoms with Crippen molar-refractivity contribution in [2.45, 2.75) is 40.2 Å². The highest BCUT2D eigenvalue weighted by molar-refractivity contribution is 7.12. The number of rotatable bonds is 6. The molecule has 2 atom stereocenters. The average molecular weight is 270 g/mol. The quantitative estimate of drug-likeness (QED) is 0.808. The summed E-state index contributed by atoms with van der Waals surface area (Å²) in [6.45, 7) is 8.06. The fraction of sp³-hybridized carbons (Fsp3) is 0.643. The van der Waals surface area contributed by atoms with Gasteiger partial charge in [-0.05, 0) is 31.4 Å². The summed E-state index contributed by atoms with van der Waals surface area (Å²) >= 11 is 1.56. The normalized spacial score (nSPS) is 14.6. The summed E-state index contributed by atoms with van der Waals surface area (Å²) in [4.78, 5) is 14.0. The zero-order valence-electron chi connectivity index (χ0n) is 11.5. The van der Waals surface area contributed by atoms with Crippen LogP contribution in [-0.4, -0.2) is 17.7 Å². The molecule has 0 radical (unpaired) electrons. The molecule has 1 heterocycles. The maximum absolute atomic E-state index is 11.9. The van der Waals surface area contributed by atoms with Gasteiger partial charge in [0.15, 0.2) is 0 Å². The highest BCUT2D eigenvalue weighted by atomic mass is 32.1. The van der Waals surface area contributed by atoms with Crippen molar-refractivity contribution >= 4 is 17.3 Å². The molecule has 0 fully saturated rings. The van der Waals surface area contributed by atoms with E-state index in [0.717, 1.165) is 11.3 Å². The minimum atomic E-state index is -0.769. The van der Waals surface area contributed by atoms with Crippen LogP contribution in [0.3, 0.4) is 0 Å². The summed E-state index contributed by atoms with van der Waals surface area (Å²) in [7, 11) is 0. The third-order valence-corrected chi connectivity index (χ3v) is 4.24. The van der Waals surface area contributed by atoms with Crippen LogP contribution in [0.4, 0.5) is 0 Å². The van der Waals surface area contributed by atoms with Crippen molar-refractivity contribution in [2.24, 2.45) is 11.8 Å². The number of hydrogen-bond acceptors (Lipinski definition) is 4. The molecule has 0 aliphatic heterocycles. The Morgan fingerprint density at radius 1 is 1.39 bits per heavy atom. The second-order valence-corrected chi connectivity index (χ2v) is 5.82. The summed E-state index contributed by atoms with van der Waals surface area (Å²) < 4.78 is 5.05. The van der Waals surface area contributed by atoms with Crippen LogP contribution >= 0.6 is 11.3 Å². The SMILES string of the molecule is CCOC(=O)C(C(C)C)C(O)c1ccc(CC)s1. The molecule has 2 unspecified atom stereocenters. The minimum absolute atomic E-state index is 0.0474. The van der Waals surface area contributed by atoms with Crippen LogP contribution in [0.25, 0.3) is 0 Å². The Labute approximate surface area is 113 Å². The summed E-state index contributed by atoms with van der Waals surface area (Å²) in [5, 5.41) is 10.4. The van der Waals surface area contributed by atoms with Crippen LogP contribution in [0.1, 0.15) is 43.6 Å². The molecule has 0 saturated carbocycles. The number of ether oxygens (including phenoxy) is 1. The lowest BCUT2D eigenvalue weighted by Crippen LogP contribution is -2.28. The van der Waals surface area contributed by atoms with Gasteiger partial charge in [-0.15, -0.1) is 11.3 Å². The summed E-state index contributed by atoms with van der Waals surface area (Å²) in [6.07, 6.45) is 0.178. The topological polar surface area (TPSA) is 46.5 Å². The van der Waals surface area contributed by atoms with Crippen LogP contribution in [-0.2, 0) is 16.0 Å². The maximum Gasteiger partial charge on any atom is 0.312 e. The first-order valence-corrected chi connectivity index (χ1v) is 7.26. The molecule has 18 heavy (non-hydrogen) atoms. The van der Waals surface area contributed by atoms with Crippen LogP contribution < -0.4 is 0 Å². The number of carbonyl (C=O) groups excluding carboxylic acids is 1. The summed E-state index contributed by atoms with van der Waals surface area (Å²) in [5.41, 5.74) is 0. The van der Waals surface area contributed by atoms with E-state index in [1.165, 1.54) is 4.88 Å². The van der Waals surface area contributed by atoms with Crippen molar-refractivity contribution in [2.75, 3.05) is 6.61 Å². The van der Waals surface area contributed by atoms with Crippen LogP contribution in [0.15, 0.2) is 12.1 Å². The molecule has 0 aliphatic carbocycles. The van der Waals surface area contributed by atoms with Crippen molar-refractivity contribution in [3.8, 4) is 0 Å². The Balaban J connectivity index is 2.88. The standard InChI is InChI=1S/C14H22O3S/c1-5-10-7-8-11(18-10)13(15)12(9(3)4)14(16)17-6-2/h7-9,12-13,15H,5-6H2,1-4H3.